The first-order valence-electron chi connectivity index (χ1n) is 5.37. The summed E-state index contributed by atoms with van der Waals surface area (Å²) in [5.74, 6) is -0.275. The lowest BCUT2D eigenvalue weighted by Crippen LogP contribution is -2.33. The quantitative estimate of drug-likeness (QED) is 0.467. The molecular formula is C11H15ClN4O2. The first-order valence-corrected chi connectivity index (χ1v) is 5.75. The fourth-order valence-electron chi connectivity index (χ4n) is 1.34. The van der Waals surface area contributed by atoms with Crippen LogP contribution in [0.15, 0.2) is 18.2 Å². The molecular weight excluding hydrogens is 256 g/mol. The summed E-state index contributed by atoms with van der Waals surface area (Å²) in [4.78, 5) is 22.1. The third-order valence-corrected chi connectivity index (χ3v) is 2.43. The molecule has 18 heavy (non-hydrogen) atoms. The van der Waals surface area contributed by atoms with Crippen LogP contribution < -0.4 is 22.1 Å². The molecule has 0 radical (unpaired) electrons. The second kappa shape index (κ2) is 6.70. The van der Waals surface area contributed by atoms with Crippen LogP contribution in [0.1, 0.15) is 16.8 Å². The van der Waals surface area contributed by atoms with Gasteiger partial charge in [-0.2, -0.15) is 0 Å². The molecule has 0 aromatic heterocycles. The number of nitrogen functional groups attached to an aromatic ring is 1. The number of carbonyl (C=O) groups is 2. The van der Waals surface area contributed by atoms with E-state index in [0.717, 1.165) is 0 Å². The number of hydrogen-bond donors (Lipinski definition) is 4. The molecule has 0 saturated heterocycles. The van der Waals surface area contributed by atoms with Gasteiger partial charge in [0.15, 0.2) is 0 Å². The van der Waals surface area contributed by atoms with Crippen LogP contribution in [0.25, 0.3) is 0 Å². The normalized spacial score (nSPS) is 9.83. The van der Waals surface area contributed by atoms with E-state index in [4.69, 9.17) is 23.1 Å². The lowest BCUT2D eigenvalue weighted by Gasteiger charge is -2.07. The topological polar surface area (TPSA) is 110 Å². The summed E-state index contributed by atoms with van der Waals surface area (Å²) in [5.41, 5.74) is 11.3. The van der Waals surface area contributed by atoms with Gasteiger partial charge in [0.1, 0.15) is 0 Å². The van der Waals surface area contributed by atoms with Gasteiger partial charge in [-0.3, -0.25) is 4.79 Å². The molecule has 0 heterocycles. The van der Waals surface area contributed by atoms with Crippen molar-refractivity contribution in [1.82, 2.24) is 10.6 Å². The van der Waals surface area contributed by atoms with Crippen LogP contribution in [0.5, 0.6) is 0 Å². The second-order valence-electron chi connectivity index (χ2n) is 3.63. The maximum Gasteiger partial charge on any atom is 0.312 e. The molecule has 1 aromatic carbocycles. The van der Waals surface area contributed by atoms with Gasteiger partial charge in [0, 0.05) is 23.8 Å². The van der Waals surface area contributed by atoms with E-state index in [1.165, 1.54) is 6.07 Å². The Kier molecular flexibility index (Phi) is 5.26. The van der Waals surface area contributed by atoms with Crippen molar-refractivity contribution < 1.29 is 9.59 Å². The number of halogens is 1. The molecule has 1 rings (SSSR count). The van der Waals surface area contributed by atoms with E-state index < -0.39 is 6.03 Å². The summed E-state index contributed by atoms with van der Waals surface area (Å²) in [7, 11) is 0. The molecule has 0 aliphatic heterocycles. The van der Waals surface area contributed by atoms with Gasteiger partial charge in [-0.05, 0) is 24.6 Å². The Morgan fingerprint density at radius 2 is 1.89 bits per heavy atom. The molecule has 0 unspecified atom stereocenters. The fourth-order valence-corrected chi connectivity index (χ4v) is 1.52. The van der Waals surface area contributed by atoms with Gasteiger partial charge in [-0.15, -0.1) is 0 Å². The standard InChI is InChI=1S/C11H15ClN4O2/c12-7-2-3-8(9(13)6-7)10(17)15-4-1-5-16-11(14)18/h2-3,6H,1,4-5,13H2,(H,15,17)(H3,14,16,18). The number of urea groups is 1. The van der Waals surface area contributed by atoms with Gasteiger partial charge in [0.2, 0.25) is 0 Å². The lowest BCUT2D eigenvalue weighted by atomic mass is 10.1. The first-order chi connectivity index (χ1) is 8.50. The zero-order chi connectivity index (χ0) is 13.5. The molecule has 0 aliphatic rings. The Bertz CT molecular complexity index is 451. The number of nitrogens with one attached hydrogen (secondary N) is 2. The van der Waals surface area contributed by atoms with Crippen LogP contribution in [-0.2, 0) is 0 Å². The summed E-state index contributed by atoms with van der Waals surface area (Å²) in [6, 6.07) is 4.10. The highest BCUT2D eigenvalue weighted by Crippen LogP contribution is 2.17. The Morgan fingerprint density at radius 1 is 1.22 bits per heavy atom. The van der Waals surface area contributed by atoms with Gasteiger partial charge >= 0.3 is 6.03 Å². The van der Waals surface area contributed by atoms with E-state index in [0.29, 0.717) is 35.8 Å². The zero-order valence-corrected chi connectivity index (χ0v) is 10.5. The van der Waals surface area contributed by atoms with Crippen molar-refractivity contribution in [1.29, 1.82) is 0 Å². The number of carbonyl (C=O) groups excluding carboxylic acids is 2. The maximum absolute atomic E-state index is 11.7. The number of anilines is 1. The highest BCUT2D eigenvalue weighted by atomic mass is 35.5. The summed E-state index contributed by atoms with van der Waals surface area (Å²) in [6.07, 6.45) is 0.585. The molecule has 0 spiro atoms. The van der Waals surface area contributed by atoms with Gasteiger partial charge in [-0.25, -0.2) is 4.79 Å². The molecule has 0 fully saturated rings. The number of primary amides is 1. The van der Waals surface area contributed by atoms with Crippen LogP contribution in [0.2, 0.25) is 5.02 Å². The van der Waals surface area contributed by atoms with Gasteiger partial charge < -0.3 is 22.1 Å². The molecule has 0 atom stereocenters. The van der Waals surface area contributed by atoms with Crippen molar-refractivity contribution in [2.24, 2.45) is 5.73 Å². The smallest absolute Gasteiger partial charge is 0.312 e. The van der Waals surface area contributed by atoms with Crippen molar-refractivity contribution in [2.45, 2.75) is 6.42 Å². The largest absolute Gasteiger partial charge is 0.398 e. The monoisotopic (exact) mass is 270 g/mol. The number of nitrogens with two attached hydrogens (primary N) is 2. The van der Waals surface area contributed by atoms with E-state index in [2.05, 4.69) is 10.6 Å². The van der Waals surface area contributed by atoms with Gasteiger partial charge in [0.05, 0.1) is 5.56 Å². The lowest BCUT2D eigenvalue weighted by molar-refractivity contribution is 0.0954. The Morgan fingerprint density at radius 3 is 2.50 bits per heavy atom. The summed E-state index contributed by atoms with van der Waals surface area (Å²) < 4.78 is 0. The highest BCUT2D eigenvalue weighted by Gasteiger charge is 2.08. The van der Waals surface area contributed by atoms with Crippen molar-refractivity contribution in [2.75, 3.05) is 18.8 Å². The van der Waals surface area contributed by atoms with Crippen molar-refractivity contribution >= 4 is 29.2 Å². The van der Waals surface area contributed by atoms with Crippen LogP contribution in [0.4, 0.5) is 10.5 Å². The van der Waals surface area contributed by atoms with Crippen molar-refractivity contribution in [3.63, 3.8) is 0 Å². The van der Waals surface area contributed by atoms with Gasteiger partial charge in [-0.1, -0.05) is 11.6 Å². The maximum atomic E-state index is 11.7. The summed E-state index contributed by atoms with van der Waals surface area (Å²) in [6.45, 7) is 0.826. The average Bonchev–Trinajstić information content (AvgIpc) is 2.27. The molecule has 6 nitrogen and oxygen atoms in total. The molecule has 0 bridgehead atoms. The number of hydrogen-bond acceptors (Lipinski definition) is 3. The molecule has 3 amide bonds. The molecule has 7 heteroatoms. The SMILES string of the molecule is NC(=O)NCCCNC(=O)c1ccc(Cl)cc1N. The number of benzene rings is 1. The van der Waals surface area contributed by atoms with Crippen LogP contribution >= 0.6 is 11.6 Å². The molecule has 0 aliphatic carbocycles. The predicted octanol–water partition coefficient (Wildman–Crippen LogP) is 0.710. The summed E-state index contributed by atoms with van der Waals surface area (Å²) >= 11 is 5.73. The Balaban J connectivity index is 2.39. The highest BCUT2D eigenvalue weighted by molar-refractivity contribution is 6.31. The average molecular weight is 271 g/mol. The predicted molar refractivity (Wildman–Crippen MR) is 70.4 cm³/mol. The van der Waals surface area contributed by atoms with E-state index in [1.807, 2.05) is 0 Å². The molecule has 6 N–H and O–H groups in total. The zero-order valence-electron chi connectivity index (χ0n) is 9.70. The minimum absolute atomic E-state index is 0.275. The van der Waals surface area contributed by atoms with Crippen LogP contribution in [0.3, 0.4) is 0 Å². The van der Waals surface area contributed by atoms with Crippen LogP contribution in [0, 0.1) is 0 Å². The van der Waals surface area contributed by atoms with E-state index in [9.17, 15) is 9.59 Å². The first kappa shape index (κ1) is 14.1. The second-order valence-corrected chi connectivity index (χ2v) is 4.07. The minimum Gasteiger partial charge on any atom is -0.398 e. The Labute approximate surface area is 110 Å². The van der Waals surface area contributed by atoms with Crippen LogP contribution in [-0.4, -0.2) is 25.0 Å². The van der Waals surface area contributed by atoms with Crippen molar-refractivity contribution in [3.8, 4) is 0 Å². The number of amides is 3. The Hall–Kier alpha value is -1.95. The van der Waals surface area contributed by atoms with E-state index in [1.54, 1.807) is 12.1 Å². The van der Waals surface area contributed by atoms with E-state index >= 15 is 0 Å². The van der Waals surface area contributed by atoms with Gasteiger partial charge in [0.25, 0.3) is 5.91 Å². The third kappa shape index (κ3) is 4.50. The number of rotatable bonds is 5. The minimum atomic E-state index is -0.580. The molecule has 0 saturated carbocycles. The molecule has 1 aromatic rings. The summed E-state index contributed by atoms with van der Waals surface area (Å²) in [5, 5.41) is 5.58. The van der Waals surface area contributed by atoms with Crippen molar-refractivity contribution in [3.05, 3.63) is 28.8 Å². The van der Waals surface area contributed by atoms with E-state index in [-0.39, 0.29) is 5.91 Å². The fraction of sp³-hybridized carbons (Fsp3) is 0.273. The molecule has 98 valence electrons. The third-order valence-electron chi connectivity index (χ3n) is 2.20.